The van der Waals surface area contributed by atoms with E-state index in [1.54, 1.807) is 17.4 Å². The number of rotatable bonds is 6. The Kier molecular flexibility index (Phi) is 5.61. The number of carbonyl (C=O) groups excluding carboxylic acids is 1. The minimum atomic E-state index is -0.202. The Morgan fingerprint density at radius 2 is 1.96 bits per heavy atom. The molecule has 1 N–H and O–H groups in total. The van der Waals surface area contributed by atoms with E-state index in [9.17, 15) is 4.79 Å². The molecule has 0 unspecified atom stereocenters. The number of aryl methyl sites for hydroxylation is 1. The number of hydrogen-bond acceptors (Lipinski definition) is 4. The molecule has 0 spiro atoms. The number of thiophene rings is 1. The Morgan fingerprint density at radius 1 is 1.22 bits per heavy atom. The van der Waals surface area contributed by atoms with Gasteiger partial charge in [0.15, 0.2) is 0 Å². The van der Waals surface area contributed by atoms with Crippen LogP contribution in [0.1, 0.15) is 48.9 Å². The number of amides is 1. The molecular weight excluding hydrogens is 356 g/mol. The minimum Gasteiger partial charge on any atom is -0.361 e. The van der Waals surface area contributed by atoms with Crippen molar-refractivity contribution in [3.05, 3.63) is 72.1 Å². The van der Waals surface area contributed by atoms with Gasteiger partial charge in [-0.2, -0.15) is 0 Å². The van der Waals surface area contributed by atoms with Crippen molar-refractivity contribution < 1.29 is 9.32 Å². The van der Waals surface area contributed by atoms with Crippen LogP contribution in [-0.4, -0.2) is 11.1 Å². The second kappa shape index (κ2) is 7.92. The first-order valence-corrected chi connectivity index (χ1v) is 9.76. The molecule has 1 aromatic carbocycles. The van der Waals surface area contributed by atoms with Crippen molar-refractivity contribution in [1.82, 2.24) is 5.16 Å². The number of anilines is 1. The fourth-order valence-corrected chi connectivity index (χ4v) is 3.64. The van der Waals surface area contributed by atoms with Crippen molar-refractivity contribution in [2.45, 2.75) is 39.0 Å². The van der Waals surface area contributed by atoms with Gasteiger partial charge in [0.25, 0.3) is 5.91 Å². The summed E-state index contributed by atoms with van der Waals surface area (Å²) in [6.45, 7) is 10.3. The van der Waals surface area contributed by atoms with Crippen molar-refractivity contribution in [2.24, 2.45) is 0 Å². The van der Waals surface area contributed by atoms with E-state index >= 15 is 0 Å². The monoisotopic (exact) mass is 380 g/mol. The third-order valence-electron chi connectivity index (χ3n) is 4.34. The van der Waals surface area contributed by atoms with Gasteiger partial charge in [0.2, 0.25) is 0 Å². The summed E-state index contributed by atoms with van der Waals surface area (Å²) < 4.78 is 5.18. The van der Waals surface area contributed by atoms with E-state index in [4.69, 9.17) is 4.52 Å². The van der Waals surface area contributed by atoms with Crippen molar-refractivity contribution in [2.75, 3.05) is 5.32 Å². The zero-order valence-electron chi connectivity index (χ0n) is 15.9. The SMILES string of the molecule is C=CCCc1oncc1C(=O)Nc1ccc(-c2ccc(C(C)(C)C)cc2)s1. The fraction of sp³-hybridized carbons (Fsp3) is 0.273. The molecule has 5 heteroatoms. The van der Waals surface area contributed by atoms with E-state index in [0.29, 0.717) is 17.7 Å². The maximum absolute atomic E-state index is 12.5. The molecule has 0 fully saturated rings. The molecule has 0 aliphatic rings. The van der Waals surface area contributed by atoms with Crippen LogP contribution in [0, 0.1) is 0 Å². The summed E-state index contributed by atoms with van der Waals surface area (Å²) in [6, 6.07) is 12.5. The predicted octanol–water partition coefficient (Wildman–Crippen LogP) is 6.07. The Hall–Kier alpha value is -2.66. The Morgan fingerprint density at radius 3 is 2.63 bits per heavy atom. The lowest BCUT2D eigenvalue weighted by atomic mass is 9.86. The van der Waals surface area contributed by atoms with Crippen molar-refractivity contribution >= 4 is 22.2 Å². The Balaban J connectivity index is 1.72. The van der Waals surface area contributed by atoms with Gasteiger partial charge in [0.05, 0.1) is 11.2 Å². The van der Waals surface area contributed by atoms with Crippen LogP contribution < -0.4 is 5.32 Å². The average molecular weight is 381 g/mol. The highest BCUT2D eigenvalue weighted by Gasteiger charge is 2.17. The topological polar surface area (TPSA) is 55.1 Å². The first-order chi connectivity index (χ1) is 12.9. The highest BCUT2D eigenvalue weighted by Crippen LogP contribution is 2.33. The van der Waals surface area contributed by atoms with Gasteiger partial charge in [-0.05, 0) is 35.1 Å². The summed E-state index contributed by atoms with van der Waals surface area (Å²) in [5, 5.41) is 7.49. The van der Waals surface area contributed by atoms with Crippen molar-refractivity contribution in [3.8, 4) is 10.4 Å². The standard InChI is InChI=1S/C22H24N2O2S/c1-5-6-7-18-17(14-23-26-18)21(25)24-20-13-12-19(27-20)15-8-10-16(11-9-15)22(2,3)4/h5,8-14H,1,6-7H2,2-4H3,(H,24,25). The molecule has 0 saturated carbocycles. The van der Waals surface area contributed by atoms with Crippen LogP contribution in [0.5, 0.6) is 0 Å². The van der Waals surface area contributed by atoms with Crippen LogP contribution in [0.3, 0.4) is 0 Å². The first kappa shape index (κ1) is 19.1. The average Bonchev–Trinajstić information content (AvgIpc) is 3.28. The normalized spacial score (nSPS) is 11.4. The third-order valence-corrected chi connectivity index (χ3v) is 5.39. The number of nitrogens with one attached hydrogen (secondary N) is 1. The molecule has 2 aromatic heterocycles. The first-order valence-electron chi connectivity index (χ1n) is 8.95. The summed E-state index contributed by atoms with van der Waals surface area (Å²) >= 11 is 1.55. The van der Waals surface area contributed by atoms with Crippen molar-refractivity contribution in [1.29, 1.82) is 0 Å². The van der Waals surface area contributed by atoms with Crippen LogP contribution in [0.4, 0.5) is 5.00 Å². The van der Waals surface area contributed by atoms with E-state index in [1.165, 1.54) is 11.8 Å². The second-order valence-electron chi connectivity index (χ2n) is 7.44. The number of hydrogen-bond donors (Lipinski definition) is 1. The number of nitrogens with zero attached hydrogens (tertiary/aromatic N) is 1. The van der Waals surface area contributed by atoms with Crippen LogP contribution in [0.15, 0.2) is 59.8 Å². The van der Waals surface area contributed by atoms with Gasteiger partial charge in [-0.15, -0.1) is 17.9 Å². The van der Waals surface area contributed by atoms with E-state index in [-0.39, 0.29) is 11.3 Å². The molecule has 0 aliphatic carbocycles. The summed E-state index contributed by atoms with van der Waals surface area (Å²) in [7, 11) is 0. The number of carbonyl (C=O) groups is 1. The van der Waals surface area contributed by atoms with Crippen LogP contribution in [0.25, 0.3) is 10.4 Å². The van der Waals surface area contributed by atoms with Gasteiger partial charge in [0.1, 0.15) is 11.3 Å². The molecule has 1 amide bonds. The predicted molar refractivity (Wildman–Crippen MR) is 111 cm³/mol. The number of allylic oxidation sites excluding steroid dienone is 1. The van der Waals surface area contributed by atoms with Crippen LogP contribution in [-0.2, 0) is 11.8 Å². The highest BCUT2D eigenvalue weighted by molar-refractivity contribution is 7.19. The van der Waals surface area contributed by atoms with Gasteiger partial charge < -0.3 is 9.84 Å². The van der Waals surface area contributed by atoms with Crippen LogP contribution >= 0.6 is 11.3 Å². The van der Waals surface area contributed by atoms with E-state index < -0.39 is 0 Å². The molecule has 2 heterocycles. The van der Waals surface area contributed by atoms with E-state index in [1.807, 2.05) is 12.1 Å². The Bertz CT molecular complexity index is 930. The number of aromatic nitrogens is 1. The lowest BCUT2D eigenvalue weighted by Gasteiger charge is -2.18. The van der Waals surface area contributed by atoms with Gasteiger partial charge in [-0.1, -0.05) is 56.3 Å². The van der Waals surface area contributed by atoms with E-state index in [0.717, 1.165) is 21.9 Å². The smallest absolute Gasteiger partial charge is 0.261 e. The molecular formula is C22H24N2O2S. The maximum atomic E-state index is 12.5. The third kappa shape index (κ3) is 4.55. The fourth-order valence-electron chi connectivity index (χ4n) is 2.74. The molecule has 3 aromatic rings. The molecule has 27 heavy (non-hydrogen) atoms. The van der Waals surface area contributed by atoms with Crippen LogP contribution in [0.2, 0.25) is 0 Å². The summed E-state index contributed by atoms with van der Waals surface area (Å²) in [4.78, 5) is 13.6. The molecule has 0 radical (unpaired) electrons. The minimum absolute atomic E-state index is 0.134. The molecule has 3 rings (SSSR count). The lowest BCUT2D eigenvalue weighted by molar-refractivity contribution is 0.102. The zero-order chi connectivity index (χ0) is 19.4. The van der Waals surface area contributed by atoms with Crippen molar-refractivity contribution in [3.63, 3.8) is 0 Å². The molecule has 0 atom stereocenters. The summed E-state index contributed by atoms with van der Waals surface area (Å²) in [5.74, 6) is 0.383. The Labute approximate surface area is 163 Å². The number of benzene rings is 1. The van der Waals surface area contributed by atoms with Gasteiger partial charge >= 0.3 is 0 Å². The van der Waals surface area contributed by atoms with Gasteiger partial charge in [0, 0.05) is 11.3 Å². The quantitative estimate of drug-likeness (QED) is 0.528. The molecule has 0 bridgehead atoms. The molecule has 4 nitrogen and oxygen atoms in total. The van der Waals surface area contributed by atoms with Gasteiger partial charge in [-0.3, -0.25) is 4.79 Å². The summed E-state index contributed by atoms with van der Waals surface area (Å²) in [6.07, 6.45) is 4.61. The summed E-state index contributed by atoms with van der Waals surface area (Å²) in [5.41, 5.74) is 3.05. The highest BCUT2D eigenvalue weighted by atomic mass is 32.1. The maximum Gasteiger partial charge on any atom is 0.261 e. The second-order valence-corrected chi connectivity index (χ2v) is 8.52. The van der Waals surface area contributed by atoms with E-state index in [2.05, 4.69) is 62.1 Å². The van der Waals surface area contributed by atoms with Gasteiger partial charge in [-0.25, -0.2) is 0 Å². The molecule has 0 aliphatic heterocycles. The largest absolute Gasteiger partial charge is 0.361 e. The molecule has 0 saturated heterocycles. The lowest BCUT2D eigenvalue weighted by Crippen LogP contribution is -2.11. The zero-order valence-corrected chi connectivity index (χ0v) is 16.7. The molecule has 140 valence electrons.